The first-order valence-corrected chi connectivity index (χ1v) is 16.8. The third kappa shape index (κ3) is 3.97. The zero-order chi connectivity index (χ0) is 32.6. The van der Waals surface area contributed by atoms with E-state index in [-0.39, 0.29) is 23.9 Å². The lowest BCUT2D eigenvalue weighted by molar-refractivity contribution is 0.0799. The number of fused-ring (bicyclic) bond motifs is 2. The summed E-state index contributed by atoms with van der Waals surface area (Å²) in [7, 11) is 0. The van der Waals surface area contributed by atoms with Gasteiger partial charge in [0.1, 0.15) is 9.98 Å². The van der Waals surface area contributed by atoms with Gasteiger partial charge < -0.3 is 0 Å². The van der Waals surface area contributed by atoms with Crippen molar-refractivity contribution in [2.45, 2.75) is 78.3 Å². The molecule has 7 rings (SSSR count). The third-order valence-corrected chi connectivity index (χ3v) is 10.8. The van der Waals surface area contributed by atoms with Crippen LogP contribution < -0.4 is 0 Å². The molecule has 0 saturated carbocycles. The summed E-state index contributed by atoms with van der Waals surface area (Å²) in [5.41, 5.74) is 3.33. The molecule has 0 saturated heterocycles. The zero-order valence-corrected chi connectivity index (χ0v) is 27.9. The Morgan fingerprint density at radius 1 is 0.739 bits per heavy atom. The first-order chi connectivity index (χ1) is 22.2. The lowest BCUT2D eigenvalue weighted by atomic mass is 9.80. The van der Waals surface area contributed by atoms with Crippen molar-refractivity contribution in [3.05, 3.63) is 75.6 Å². The molecule has 0 radical (unpaired) electrons. The van der Waals surface area contributed by atoms with Gasteiger partial charge in [-0.3, -0.25) is 19.4 Å². The summed E-state index contributed by atoms with van der Waals surface area (Å²) in [6.45, 7) is 16.6. The molecule has 0 unspecified atom stereocenters. The van der Waals surface area contributed by atoms with Crippen LogP contribution in [0, 0.1) is 17.9 Å². The third-order valence-electron chi connectivity index (χ3n) is 9.95. The minimum absolute atomic E-state index is 0.0838. The number of nitriles is 1. The van der Waals surface area contributed by atoms with Crippen molar-refractivity contribution in [3.8, 4) is 6.07 Å². The fourth-order valence-electron chi connectivity index (χ4n) is 7.72. The molecule has 5 aromatic carbocycles. The first-order valence-electron chi connectivity index (χ1n) is 16.0. The summed E-state index contributed by atoms with van der Waals surface area (Å²) in [6, 6.07) is 13.4. The van der Waals surface area contributed by atoms with E-state index in [1.807, 2.05) is 50.2 Å². The lowest BCUT2D eigenvalue weighted by Gasteiger charge is -2.36. The van der Waals surface area contributed by atoms with Gasteiger partial charge in [-0.1, -0.05) is 76.1 Å². The molecule has 6 nitrogen and oxygen atoms in total. The van der Waals surface area contributed by atoms with Crippen molar-refractivity contribution in [2.75, 3.05) is 0 Å². The largest absolute Gasteiger partial charge is 0.296 e. The molecule has 0 bridgehead atoms. The minimum atomic E-state index is -0.141. The number of carbonyl (C=O) groups excluding carboxylic acids is 2. The molecule has 2 heterocycles. The van der Waals surface area contributed by atoms with Crippen molar-refractivity contribution >= 4 is 95.0 Å². The molecule has 2 aliphatic heterocycles. The van der Waals surface area contributed by atoms with Crippen LogP contribution in [0.25, 0.3) is 47.9 Å². The fourth-order valence-corrected chi connectivity index (χ4v) is 8.57. The Bertz CT molecular complexity index is 2130. The molecule has 0 spiro atoms. The van der Waals surface area contributed by atoms with Crippen LogP contribution in [0.1, 0.15) is 104 Å². The second-order valence-electron chi connectivity index (χ2n) is 12.7. The minimum Gasteiger partial charge on any atom is -0.296 e. The van der Waals surface area contributed by atoms with Gasteiger partial charge in [0.2, 0.25) is 0 Å². The molecule has 2 aliphatic rings. The first kappa shape index (κ1) is 30.2. The molecule has 5 aromatic rings. The number of rotatable bonds is 8. The molecule has 2 amide bonds. The second kappa shape index (κ2) is 11.1. The predicted octanol–water partition coefficient (Wildman–Crippen LogP) is 9.58. The number of nitrogens with zero attached hydrogens (tertiary/aromatic N) is 4. The van der Waals surface area contributed by atoms with Gasteiger partial charge in [0.25, 0.3) is 11.8 Å². The van der Waals surface area contributed by atoms with Crippen LogP contribution in [0.4, 0.5) is 5.69 Å². The Hall–Kier alpha value is -4.50. The lowest BCUT2D eigenvalue weighted by Crippen LogP contribution is -2.45. The van der Waals surface area contributed by atoms with Crippen LogP contribution in [0.15, 0.2) is 36.4 Å². The second-order valence-corrected chi connectivity index (χ2v) is 13.4. The highest BCUT2D eigenvalue weighted by atomic mass is 32.1. The Balaban J connectivity index is 1.59. The number of carbonyl (C=O) groups is 2. The Morgan fingerprint density at radius 2 is 1.22 bits per heavy atom. The van der Waals surface area contributed by atoms with Gasteiger partial charge in [-0.25, -0.2) is 4.85 Å². The maximum Gasteiger partial charge on any atom is 0.259 e. The average molecular weight is 641 g/mol. The molecular weight excluding hydrogens is 609 g/mol. The van der Waals surface area contributed by atoms with Gasteiger partial charge >= 0.3 is 0 Å². The van der Waals surface area contributed by atoms with E-state index in [0.29, 0.717) is 54.3 Å². The molecule has 8 heteroatoms. The monoisotopic (exact) mass is 640 g/mol. The summed E-state index contributed by atoms with van der Waals surface area (Å²) in [5, 5.41) is 16.4. The van der Waals surface area contributed by atoms with E-state index in [9.17, 15) is 14.9 Å². The molecule has 0 N–H and O–H groups in total. The van der Waals surface area contributed by atoms with Gasteiger partial charge in [0.15, 0.2) is 5.69 Å². The van der Waals surface area contributed by atoms with Gasteiger partial charge in [-0.2, -0.15) is 5.26 Å². The van der Waals surface area contributed by atoms with Gasteiger partial charge in [-0.15, -0.1) is 0 Å². The number of benzene rings is 5. The normalized spacial score (nSPS) is 15.8. The van der Waals surface area contributed by atoms with Gasteiger partial charge in [0, 0.05) is 50.5 Å². The maximum absolute atomic E-state index is 14.1. The number of amides is 2. The van der Waals surface area contributed by atoms with Crippen molar-refractivity contribution in [1.82, 2.24) is 9.80 Å². The highest BCUT2D eigenvalue weighted by Crippen LogP contribution is 2.50. The predicted molar refractivity (Wildman–Crippen MR) is 192 cm³/mol. The van der Waals surface area contributed by atoms with Gasteiger partial charge in [0.05, 0.1) is 18.2 Å². The maximum atomic E-state index is 14.1. The van der Waals surface area contributed by atoms with Crippen LogP contribution in [0.5, 0.6) is 0 Å². The van der Waals surface area contributed by atoms with E-state index in [1.54, 1.807) is 9.80 Å². The number of hydrogen-bond acceptors (Lipinski definition) is 5. The summed E-state index contributed by atoms with van der Waals surface area (Å²) in [4.78, 5) is 36.4. The van der Waals surface area contributed by atoms with E-state index >= 15 is 0 Å². The van der Waals surface area contributed by atoms with E-state index in [0.717, 1.165) is 70.8 Å². The molecule has 0 fully saturated rings. The van der Waals surface area contributed by atoms with E-state index < -0.39 is 0 Å². The Morgan fingerprint density at radius 3 is 1.70 bits per heavy atom. The Kier molecular flexibility index (Phi) is 7.27. The number of thiocarbonyl (C=S) groups is 2. The number of unbranched alkanes of at least 4 members (excludes halogenated alkanes) is 2. The van der Waals surface area contributed by atoms with E-state index in [2.05, 4.69) is 24.8 Å². The van der Waals surface area contributed by atoms with Crippen molar-refractivity contribution < 1.29 is 9.59 Å². The van der Waals surface area contributed by atoms with E-state index in [4.69, 9.17) is 31.0 Å². The molecule has 46 heavy (non-hydrogen) atoms. The van der Waals surface area contributed by atoms with Gasteiger partial charge in [-0.05, 0) is 77.9 Å². The van der Waals surface area contributed by atoms with Crippen molar-refractivity contribution in [1.29, 1.82) is 5.26 Å². The zero-order valence-electron chi connectivity index (χ0n) is 26.3. The molecule has 0 aromatic heterocycles. The van der Waals surface area contributed by atoms with Crippen LogP contribution >= 0.6 is 24.4 Å². The van der Waals surface area contributed by atoms with Crippen LogP contribution in [0.3, 0.4) is 0 Å². The number of hydrogen-bond donors (Lipinski definition) is 0. The highest BCUT2D eigenvalue weighted by molar-refractivity contribution is 7.81. The summed E-state index contributed by atoms with van der Waals surface area (Å²) < 4.78 is 0. The summed E-state index contributed by atoms with van der Waals surface area (Å²) in [5.74, 6) is -0.281. The Labute approximate surface area is 278 Å². The topological polar surface area (TPSA) is 68.8 Å². The summed E-state index contributed by atoms with van der Waals surface area (Å²) >= 11 is 12.0. The van der Waals surface area contributed by atoms with Crippen molar-refractivity contribution in [3.63, 3.8) is 0 Å². The quantitative estimate of drug-likeness (QED) is 0.0731. The van der Waals surface area contributed by atoms with Crippen molar-refractivity contribution in [2.24, 2.45) is 0 Å². The van der Waals surface area contributed by atoms with Crippen LogP contribution in [-0.2, 0) is 0 Å². The summed E-state index contributed by atoms with van der Waals surface area (Å²) in [6.07, 6.45) is 5.63. The standard InChI is InChI=1S/C38H32N4O2S2/c1-6-8-10-19(3)41-35(43)24-15-13-23-32-28(40-5)17-27-31-25(36(44)42(38(27)46)20(4)11-9-7-2)14-12-22(34(31)32)29-21(18-39)16-26(37(41)45)30(24)33(23)29/h12-17,19-20H,6-11H2,1-4H3/t19-,20-/m0/s1. The SMILES string of the molecule is [C-]#[N+]c1cc2c3c(ccc4c5c(C#N)cc6c7c(ccc(c1c34)c75)C(=O)N([C@@H](C)CCCC)C6=S)C(=O)N([C@@H](C)CCCC)C2=S. The molecule has 2 atom stereocenters. The average Bonchev–Trinajstić information content (AvgIpc) is 3.06. The fraction of sp³-hybridized carbons (Fsp3) is 0.316. The highest BCUT2D eigenvalue weighted by Gasteiger charge is 2.38. The molecule has 228 valence electrons. The van der Waals surface area contributed by atoms with Crippen LogP contribution in [-0.4, -0.2) is 43.7 Å². The smallest absolute Gasteiger partial charge is 0.259 e. The molecule has 0 aliphatic carbocycles. The van der Waals surface area contributed by atoms with Crippen LogP contribution in [0.2, 0.25) is 0 Å². The molecular formula is C38H32N4O2S2. The van der Waals surface area contributed by atoms with E-state index in [1.165, 1.54) is 0 Å².